The molecule has 1 aromatic heterocycles. The van der Waals surface area contributed by atoms with E-state index < -0.39 is 37.7 Å². The van der Waals surface area contributed by atoms with E-state index in [-0.39, 0.29) is 31.2 Å². The number of rotatable bonds is 7. The molecule has 0 atom stereocenters. The van der Waals surface area contributed by atoms with Crippen molar-refractivity contribution in [2.45, 2.75) is 36.9 Å². The molecule has 9 nitrogen and oxygen atoms in total. The molecule has 0 spiro atoms. The van der Waals surface area contributed by atoms with Crippen LogP contribution in [-0.2, 0) is 16.6 Å². The summed E-state index contributed by atoms with van der Waals surface area (Å²) in [6, 6.07) is 4.94. The highest BCUT2D eigenvalue weighted by Gasteiger charge is 2.48. The van der Waals surface area contributed by atoms with Crippen molar-refractivity contribution in [2.24, 2.45) is 0 Å². The summed E-state index contributed by atoms with van der Waals surface area (Å²) in [4.78, 5) is 9.87. The number of nitro groups is 1. The van der Waals surface area contributed by atoms with Gasteiger partial charge in [0.1, 0.15) is 5.67 Å². The Morgan fingerprint density at radius 2 is 2.04 bits per heavy atom. The Hall–Kier alpha value is -2.40. The fourth-order valence-electron chi connectivity index (χ4n) is 2.35. The Morgan fingerprint density at radius 3 is 2.60 bits per heavy atom. The van der Waals surface area contributed by atoms with Gasteiger partial charge in [-0.15, -0.1) is 10.2 Å². The molecule has 0 unspecified atom stereocenters. The van der Waals surface area contributed by atoms with Crippen molar-refractivity contribution < 1.29 is 22.1 Å². The van der Waals surface area contributed by atoms with Crippen LogP contribution in [0.15, 0.2) is 33.6 Å². The molecule has 1 aromatic carbocycles. The molecule has 0 aliphatic heterocycles. The lowest BCUT2D eigenvalue weighted by atomic mass is 10.3. The van der Waals surface area contributed by atoms with Crippen LogP contribution in [0.2, 0.25) is 0 Å². The molecular weight excluding hydrogens is 355 g/mol. The predicted octanol–water partition coefficient (Wildman–Crippen LogP) is 1.98. The maximum Gasteiger partial charge on any atom is 0.289 e. The van der Waals surface area contributed by atoms with Crippen molar-refractivity contribution in [3.05, 3.63) is 46.2 Å². The van der Waals surface area contributed by atoms with Crippen LogP contribution >= 0.6 is 0 Å². The second-order valence-electron chi connectivity index (χ2n) is 5.86. The third kappa shape index (κ3) is 3.66. The number of nitro benzene ring substituents is 1. The minimum Gasteiger partial charge on any atom is -0.424 e. The van der Waals surface area contributed by atoms with E-state index in [2.05, 4.69) is 10.2 Å². The zero-order chi connectivity index (χ0) is 18.2. The molecule has 3 rings (SSSR count). The number of aromatic nitrogens is 2. The topological polar surface area (TPSA) is 119 Å². The van der Waals surface area contributed by atoms with Crippen LogP contribution in [0.5, 0.6) is 0 Å². The molecule has 25 heavy (non-hydrogen) atoms. The maximum absolute atomic E-state index is 14.3. The number of halogens is 1. The number of alkyl halides is 1. The van der Waals surface area contributed by atoms with Gasteiger partial charge in [-0.3, -0.25) is 10.1 Å². The van der Waals surface area contributed by atoms with Gasteiger partial charge >= 0.3 is 0 Å². The SMILES string of the molecule is Cc1nnc(CN(CC2(F)CC2)S(=O)(=O)c2ccccc2[N+](=O)[O-])o1. The summed E-state index contributed by atoms with van der Waals surface area (Å²) < 4.78 is 46.1. The van der Waals surface area contributed by atoms with Crippen molar-refractivity contribution >= 4 is 15.7 Å². The summed E-state index contributed by atoms with van der Waals surface area (Å²) in [7, 11) is -4.33. The van der Waals surface area contributed by atoms with E-state index in [1.165, 1.54) is 19.1 Å². The lowest BCUT2D eigenvalue weighted by molar-refractivity contribution is -0.387. The van der Waals surface area contributed by atoms with Gasteiger partial charge in [-0.2, -0.15) is 4.31 Å². The van der Waals surface area contributed by atoms with E-state index in [4.69, 9.17) is 4.42 Å². The molecule has 0 radical (unpaired) electrons. The lowest BCUT2D eigenvalue weighted by Crippen LogP contribution is -2.37. The number of benzene rings is 1. The van der Waals surface area contributed by atoms with E-state index >= 15 is 0 Å². The second-order valence-corrected chi connectivity index (χ2v) is 7.77. The van der Waals surface area contributed by atoms with Gasteiger partial charge in [0, 0.05) is 19.5 Å². The highest BCUT2D eigenvalue weighted by atomic mass is 32.2. The Bertz CT molecular complexity index is 909. The van der Waals surface area contributed by atoms with Crippen LogP contribution in [0, 0.1) is 17.0 Å². The molecule has 2 aromatic rings. The number of hydrogen-bond donors (Lipinski definition) is 0. The Labute approximate surface area is 142 Å². The lowest BCUT2D eigenvalue weighted by Gasteiger charge is -2.22. The van der Waals surface area contributed by atoms with Gasteiger partial charge < -0.3 is 4.42 Å². The van der Waals surface area contributed by atoms with E-state index in [0.717, 1.165) is 16.4 Å². The molecule has 0 saturated heterocycles. The van der Waals surface area contributed by atoms with Crippen LogP contribution in [0.3, 0.4) is 0 Å². The van der Waals surface area contributed by atoms with Crippen LogP contribution in [0.25, 0.3) is 0 Å². The van der Waals surface area contributed by atoms with Gasteiger partial charge in [0.05, 0.1) is 11.5 Å². The molecule has 0 amide bonds. The number of nitrogens with zero attached hydrogens (tertiary/aromatic N) is 4. The maximum atomic E-state index is 14.3. The first kappa shape index (κ1) is 17.4. The first-order valence-electron chi connectivity index (χ1n) is 7.43. The zero-order valence-corrected chi connectivity index (χ0v) is 14.1. The van der Waals surface area contributed by atoms with Crippen LogP contribution in [-0.4, -0.2) is 40.1 Å². The third-order valence-corrected chi connectivity index (χ3v) is 5.65. The van der Waals surface area contributed by atoms with Gasteiger partial charge in [-0.25, -0.2) is 12.8 Å². The van der Waals surface area contributed by atoms with Crippen molar-refractivity contribution in [3.8, 4) is 0 Å². The molecule has 11 heteroatoms. The van der Waals surface area contributed by atoms with Crippen LogP contribution < -0.4 is 0 Å². The normalized spacial score (nSPS) is 16.1. The molecule has 1 heterocycles. The molecule has 1 aliphatic carbocycles. The third-order valence-electron chi connectivity index (χ3n) is 3.81. The van der Waals surface area contributed by atoms with Crippen molar-refractivity contribution in [1.82, 2.24) is 14.5 Å². The monoisotopic (exact) mass is 370 g/mol. The van der Waals surface area contributed by atoms with E-state index in [1.807, 2.05) is 0 Å². The largest absolute Gasteiger partial charge is 0.424 e. The van der Waals surface area contributed by atoms with Crippen molar-refractivity contribution in [2.75, 3.05) is 6.54 Å². The molecule has 1 aliphatic rings. The average Bonchev–Trinajstić information content (AvgIpc) is 3.14. The second kappa shape index (κ2) is 6.15. The summed E-state index contributed by atoms with van der Waals surface area (Å²) in [5.41, 5.74) is -2.20. The Balaban J connectivity index is 2.00. The van der Waals surface area contributed by atoms with Crippen LogP contribution in [0.4, 0.5) is 10.1 Å². The van der Waals surface area contributed by atoms with Crippen molar-refractivity contribution in [1.29, 1.82) is 0 Å². The van der Waals surface area contributed by atoms with E-state index in [1.54, 1.807) is 0 Å². The standard InChI is InChI=1S/C14H15FN4O5S/c1-10-16-17-13(24-10)8-18(9-14(15)6-7-14)25(22,23)12-5-3-2-4-11(12)19(20)21/h2-5H,6-9H2,1H3. The van der Waals surface area contributed by atoms with Gasteiger partial charge in [-0.1, -0.05) is 12.1 Å². The summed E-state index contributed by atoms with van der Waals surface area (Å²) in [6.07, 6.45) is 0.470. The average molecular weight is 370 g/mol. The minimum atomic E-state index is -4.33. The van der Waals surface area contributed by atoms with Crippen molar-refractivity contribution in [3.63, 3.8) is 0 Å². The number of para-hydroxylation sites is 1. The van der Waals surface area contributed by atoms with Gasteiger partial charge in [0.15, 0.2) is 4.90 Å². The molecule has 1 saturated carbocycles. The highest BCUT2D eigenvalue weighted by Crippen LogP contribution is 2.42. The van der Waals surface area contributed by atoms with Crippen LogP contribution in [0.1, 0.15) is 24.6 Å². The van der Waals surface area contributed by atoms with E-state index in [9.17, 15) is 22.9 Å². The van der Waals surface area contributed by atoms with Gasteiger partial charge in [0.2, 0.25) is 21.8 Å². The summed E-state index contributed by atoms with van der Waals surface area (Å²) in [5, 5.41) is 18.5. The smallest absolute Gasteiger partial charge is 0.289 e. The molecule has 134 valence electrons. The zero-order valence-electron chi connectivity index (χ0n) is 13.3. The number of sulfonamides is 1. The molecule has 0 N–H and O–H groups in total. The number of aryl methyl sites for hydroxylation is 1. The first-order valence-corrected chi connectivity index (χ1v) is 8.87. The predicted molar refractivity (Wildman–Crippen MR) is 82.8 cm³/mol. The summed E-state index contributed by atoms with van der Waals surface area (Å²) in [6.45, 7) is 0.749. The van der Waals surface area contributed by atoms with Gasteiger partial charge in [0.25, 0.3) is 5.69 Å². The minimum absolute atomic E-state index is 0.0103. The summed E-state index contributed by atoms with van der Waals surface area (Å²) >= 11 is 0. The van der Waals surface area contributed by atoms with Gasteiger partial charge in [-0.05, 0) is 18.9 Å². The fraction of sp³-hybridized carbons (Fsp3) is 0.429. The Kier molecular flexibility index (Phi) is 4.29. The van der Waals surface area contributed by atoms with E-state index in [0.29, 0.717) is 0 Å². The first-order chi connectivity index (χ1) is 11.7. The quantitative estimate of drug-likeness (QED) is 0.540. The summed E-state index contributed by atoms with van der Waals surface area (Å²) in [5.74, 6) is 0.225. The molecule has 1 fully saturated rings. The highest BCUT2D eigenvalue weighted by molar-refractivity contribution is 7.89. The fourth-order valence-corrected chi connectivity index (χ4v) is 3.97. The number of hydrogen-bond acceptors (Lipinski definition) is 7. The molecular formula is C14H15FN4O5S. The Morgan fingerprint density at radius 1 is 1.36 bits per heavy atom. The molecule has 0 bridgehead atoms.